The molecule has 2 nitrogen and oxygen atoms in total. The second kappa shape index (κ2) is 13.9. The van der Waals surface area contributed by atoms with Crippen LogP contribution in [-0.2, 0) is 0 Å². The molecule has 0 aliphatic heterocycles. The standard InChI is InChI=1S/C58H38N2/c1-2-14-46(15-3-1)60-56-21-11-10-20-53(56)55-37-44(30-35-57(55)60)40-28-33-48(34-29-40)59(58-38-45-13-5-7-17-50(45)51-18-8-9-19-52(51)58)47-31-26-39(27-32-47)43-25-24-42-23-22-41-12-4-6-16-49(41)54(42)36-43/h1-38H/i26D,27D,31D,32D. The Labute approximate surface area is 354 Å². The van der Waals surface area contributed by atoms with Gasteiger partial charge in [-0.2, -0.15) is 0 Å². The van der Waals surface area contributed by atoms with E-state index in [4.69, 9.17) is 0 Å². The number of aromatic nitrogens is 1. The van der Waals surface area contributed by atoms with Gasteiger partial charge in [-0.25, -0.2) is 0 Å². The van der Waals surface area contributed by atoms with Crippen molar-refractivity contribution in [3.63, 3.8) is 0 Å². The van der Waals surface area contributed by atoms with E-state index in [0.29, 0.717) is 5.56 Å². The number of anilines is 3. The van der Waals surface area contributed by atoms with Crippen molar-refractivity contribution in [2.45, 2.75) is 0 Å². The van der Waals surface area contributed by atoms with Crippen molar-refractivity contribution in [1.29, 1.82) is 0 Å². The van der Waals surface area contributed by atoms with Crippen LogP contribution in [0.25, 0.3) is 92.8 Å². The van der Waals surface area contributed by atoms with Gasteiger partial charge >= 0.3 is 0 Å². The lowest BCUT2D eigenvalue weighted by Gasteiger charge is -2.28. The Kier molecular flexibility index (Phi) is 6.98. The molecule has 1 heterocycles. The van der Waals surface area contributed by atoms with Gasteiger partial charge in [0.05, 0.1) is 22.2 Å². The van der Waals surface area contributed by atoms with Crippen LogP contribution >= 0.6 is 0 Å². The molecule has 2 heteroatoms. The van der Waals surface area contributed by atoms with Crippen LogP contribution in [0.5, 0.6) is 0 Å². The third kappa shape index (κ3) is 5.57. The SMILES string of the molecule is [2H]c1c([2H])c(N(c2ccc(-c3ccc4c(c3)c3ccccc3n4-c3ccccc3)cc2)c2cc3ccccc3c3ccccc23)c([2H])c([2H])c1-c1ccc2ccc3ccccc3c2c1. The number of hydrogen-bond donors (Lipinski definition) is 0. The molecule has 60 heavy (non-hydrogen) atoms. The molecule has 0 bridgehead atoms. The fourth-order valence-corrected chi connectivity index (χ4v) is 9.14. The number of rotatable bonds is 6. The van der Waals surface area contributed by atoms with Gasteiger partial charge in [0.25, 0.3) is 0 Å². The van der Waals surface area contributed by atoms with Gasteiger partial charge in [0.1, 0.15) is 0 Å². The lowest BCUT2D eigenvalue weighted by Crippen LogP contribution is -2.10. The third-order valence-corrected chi connectivity index (χ3v) is 12.0. The van der Waals surface area contributed by atoms with Crippen molar-refractivity contribution >= 4 is 82.0 Å². The Morgan fingerprint density at radius 2 is 0.850 bits per heavy atom. The normalized spacial score (nSPS) is 12.6. The summed E-state index contributed by atoms with van der Waals surface area (Å²) in [6, 6.07) is 70.3. The topological polar surface area (TPSA) is 8.17 Å². The van der Waals surface area contributed by atoms with E-state index in [0.717, 1.165) is 87.7 Å². The van der Waals surface area contributed by atoms with E-state index in [1.54, 1.807) is 0 Å². The number of para-hydroxylation sites is 2. The predicted octanol–water partition coefficient (Wildman–Crippen LogP) is 16.2. The van der Waals surface area contributed by atoms with Crippen LogP contribution < -0.4 is 4.90 Å². The molecule has 0 saturated heterocycles. The van der Waals surface area contributed by atoms with Crippen molar-refractivity contribution in [2.24, 2.45) is 0 Å². The Balaban J connectivity index is 1.04. The molecule has 0 spiro atoms. The molecule has 0 radical (unpaired) electrons. The average Bonchev–Trinajstić information content (AvgIpc) is 3.68. The zero-order chi connectivity index (χ0) is 43.1. The Morgan fingerprint density at radius 3 is 1.63 bits per heavy atom. The van der Waals surface area contributed by atoms with Crippen molar-refractivity contribution in [2.75, 3.05) is 4.90 Å². The van der Waals surface area contributed by atoms with Crippen LogP contribution in [0, 0.1) is 0 Å². The molecule has 0 amide bonds. The van der Waals surface area contributed by atoms with Crippen molar-refractivity contribution in [3.05, 3.63) is 230 Å². The van der Waals surface area contributed by atoms with Gasteiger partial charge in [0, 0.05) is 33.2 Å². The lowest BCUT2D eigenvalue weighted by molar-refractivity contribution is 1.18. The first-order valence-corrected chi connectivity index (χ1v) is 20.3. The van der Waals surface area contributed by atoms with E-state index in [-0.39, 0.29) is 35.4 Å². The number of benzene rings is 11. The zero-order valence-corrected chi connectivity index (χ0v) is 32.5. The maximum absolute atomic E-state index is 9.77. The number of fused-ring (bicyclic) bond motifs is 9. The number of nitrogens with zero attached hydrogens (tertiary/aromatic N) is 2. The van der Waals surface area contributed by atoms with E-state index in [1.165, 1.54) is 5.39 Å². The molecule has 0 atom stereocenters. The first-order chi connectivity index (χ1) is 31.4. The molecular formula is C58H38N2. The first-order valence-electron chi connectivity index (χ1n) is 22.3. The summed E-state index contributed by atoms with van der Waals surface area (Å²) in [5.74, 6) is 0. The second-order valence-electron chi connectivity index (χ2n) is 15.4. The second-order valence-corrected chi connectivity index (χ2v) is 15.4. The molecule has 0 N–H and O–H groups in total. The van der Waals surface area contributed by atoms with E-state index < -0.39 is 0 Å². The molecule has 0 fully saturated rings. The summed E-state index contributed by atoms with van der Waals surface area (Å²) in [7, 11) is 0. The average molecular weight is 767 g/mol. The third-order valence-electron chi connectivity index (χ3n) is 12.0. The Bertz CT molecular complexity index is 3810. The summed E-state index contributed by atoms with van der Waals surface area (Å²) >= 11 is 0. The van der Waals surface area contributed by atoms with Crippen LogP contribution in [0.15, 0.2) is 230 Å². The quantitative estimate of drug-likeness (QED) is 0.153. The molecule has 0 aliphatic carbocycles. The molecule has 280 valence electrons. The van der Waals surface area contributed by atoms with Gasteiger partial charge in [-0.15, -0.1) is 0 Å². The molecule has 0 saturated carbocycles. The molecule has 0 unspecified atom stereocenters. The molecule has 12 aromatic rings. The van der Waals surface area contributed by atoms with Crippen molar-refractivity contribution in [3.8, 4) is 27.9 Å². The van der Waals surface area contributed by atoms with Gasteiger partial charge in [0.2, 0.25) is 0 Å². The minimum atomic E-state index is -0.115. The minimum absolute atomic E-state index is 0.0923. The van der Waals surface area contributed by atoms with Crippen LogP contribution in [0.3, 0.4) is 0 Å². The predicted molar refractivity (Wildman–Crippen MR) is 256 cm³/mol. The van der Waals surface area contributed by atoms with Crippen LogP contribution in [0.4, 0.5) is 17.1 Å². The number of hydrogen-bond acceptors (Lipinski definition) is 1. The van der Waals surface area contributed by atoms with Crippen LogP contribution in [-0.4, -0.2) is 4.57 Å². The maximum atomic E-state index is 9.77. The highest BCUT2D eigenvalue weighted by Crippen LogP contribution is 2.43. The highest BCUT2D eigenvalue weighted by molar-refractivity contribution is 6.15. The fraction of sp³-hybridized carbons (Fsp3) is 0. The molecule has 1 aromatic heterocycles. The maximum Gasteiger partial charge on any atom is 0.0645 e. The summed E-state index contributed by atoms with van der Waals surface area (Å²) in [4.78, 5) is 1.92. The Hall–Kier alpha value is -7.94. The van der Waals surface area contributed by atoms with E-state index in [1.807, 2.05) is 77.7 Å². The van der Waals surface area contributed by atoms with Gasteiger partial charge < -0.3 is 9.47 Å². The lowest BCUT2D eigenvalue weighted by atomic mass is 9.96. The van der Waals surface area contributed by atoms with E-state index in [9.17, 15) is 5.48 Å². The van der Waals surface area contributed by atoms with Gasteiger partial charge in [-0.1, -0.05) is 164 Å². The largest absolute Gasteiger partial charge is 0.310 e. The Morgan fingerprint density at radius 1 is 0.317 bits per heavy atom. The summed E-state index contributed by atoms with van der Waals surface area (Å²) in [6.07, 6.45) is 0. The molecule has 0 aliphatic rings. The zero-order valence-electron chi connectivity index (χ0n) is 36.5. The fourth-order valence-electron chi connectivity index (χ4n) is 9.14. The van der Waals surface area contributed by atoms with E-state index >= 15 is 0 Å². The van der Waals surface area contributed by atoms with Crippen LogP contribution in [0.1, 0.15) is 5.48 Å². The highest BCUT2D eigenvalue weighted by Gasteiger charge is 2.19. The van der Waals surface area contributed by atoms with Crippen LogP contribution in [0.2, 0.25) is 0 Å². The summed E-state index contributed by atoms with van der Waals surface area (Å²) < 4.78 is 41.1. The highest BCUT2D eigenvalue weighted by atomic mass is 15.1. The van der Waals surface area contributed by atoms with Gasteiger partial charge in [-0.05, 0) is 127 Å². The van der Waals surface area contributed by atoms with Crippen molar-refractivity contribution < 1.29 is 5.48 Å². The monoisotopic (exact) mass is 766 g/mol. The molecule has 11 aromatic carbocycles. The first kappa shape index (κ1) is 30.2. The smallest absolute Gasteiger partial charge is 0.0645 e. The summed E-state index contributed by atoms with van der Waals surface area (Å²) in [5, 5.41) is 10.6. The van der Waals surface area contributed by atoms with Crippen molar-refractivity contribution in [1.82, 2.24) is 4.57 Å². The minimum Gasteiger partial charge on any atom is -0.310 e. The summed E-state index contributed by atoms with van der Waals surface area (Å²) in [6.45, 7) is 0. The van der Waals surface area contributed by atoms with Gasteiger partial charge in [-0.3, -0.25) is 0 Å². The van der Waals surface area contributed by atoms with Gasteiger partial charge in [0.15, 0.2) is 0 Å². The molecular weight excluding hydrogens is 725 g/mol. The van der Waals surface area contributed by atoms with E-state index in [2.05, 4.69) is 138 Å². The summed E-state index contributed by atoms with van der Waals surface area (Å²) in [5.41, 5.74) is 8.06. The molecule has 12 rings (SSSR count).